The first kappa shape index (κ1) is 14.8. The third-order valence-corrected chi connectivity index (χ3v) is 5.05. The van der Waals surface area contributed by atoms with E-state index in [1.165, 1.54) is 0 Å². The van der Waals surface area contributed by atoms with Gasteiger partial charge in [0.05, 0.1) is 23.1 Å². The van der Waals surface area contributed by atoms with Gasteiger partial charge in [0.1, 0.15) is 0 Å². The standard InChI is InChI=1S/C18H14N4OS/c1-24-12-8-6-11(7-9-12)16-13(10-19)17(23)21-18-20-14-4-2-3-5-15(14)22(16)18/h2-9,13,16H,1H3,(H,20,21,23)/t13-,16+/m1/s1. The number of thioether (sulfide) groups is 1. The zero-order valence-corrected chi connectivity index (χ0v) is 13.7. The molecule has 1 aliphatic heterocycles. The van der Waals surface area contributed by atoms with Gasteiger partial charge < -0.3 is 4.57 Å². The van der Waals surface area contributed by atoms with E-state index in [4.69, 9.17) is 0 Å². The number of amides is 1. The summed E-state index contributed by atoms with van der Waals surface area (Å²) in [7, 11) is 0. The number of fused-ring (bicyclic) bond motifs is 3. The zero-order chi connectivity index (χ0) is 16.7. The van der Waals surface area contributed by atoms with Crippen molar-refractivity contribution in [3.05, 3.63) is 54.1 Å². The highest BCUT2D eigenvalue weighted by Gasteiger charge is 2.38. The van der Waals surface area contributed by atoms with E-state index in [0.29, 0.717) is 5.95 Å². The van der Waals surface area contributed by atoms with Gasteiger partial charge in [-0.05, 0) is 36.1 Å². The highest BCUT2D eigenvalue weighted by atomic mass is 32.2. The van der Waals surface area contributed by atoms with Crippen LogP contribution in [-0.2, 0) is 4.79 Å². The Labute approximate surface area is 143 Å². The topological polar surface area (TPSA) is 70.7 Å². The molecule has 0 saturated carbocycles. The second-order valence-corrected chi connectivity index (χ2v) is 6.49. The van der Waals surface area contributed by atoms with Crippen molar-refractivity contribution in [3.8, 4) is 6.07 Å². The van der Waals surface area contributed by atoms with Gasteiger partial charge in [0, 0.05) is 4.90 Å². The van der Waals surface area contributed by atoms with Crippen molar-refractivity contribution in [1.82, 2.24) is 9.55 Å². The molecule has 24 heavy (non-hydrogen) atoms. The highest BCUT2D eigenvalue weighted by molar-refractivity contribution is 7.98. The predicted molar refractivity (Wildman–Crippen MR) is 93.8 cm³/mol. The number of aromatic nitrogens is 2. The molecule has 0 aliphatic carbocycles. The Morgan fingerprint density at radius 1 is 1.21 bits per heavy atom. The Morgan fingerprint density at radius 2 is 1.96 bits per heavy atom. The van der Waals surface area contributed by atoms with Crippen LogP contribution in [0, 0.1) is 17.2 Å². The van der Waals surface area contributed by atoms with E-state index in [0.717, 1.165) is 21.5 Å². The summed E-state index contributed by atoms with van der Waals surface area (Å²) in [5.41, 5.74) is 2.64. The predicted octanol–water partition coefficient (Wildman–Crippen LogP) is 3.44. The maximum Gasteiger partial charge on any atom is 0.246 e. The molecule has 0 radical (unpaired) electrons. The Kier molecular flexibility index (Phi) is 3.51. The quantitative estimate of drug-likeness (QED) is 0.729. The van der Waals surface area contributed by atoms with E-state index in [1.54, 1.807) is 11.8 Å². The lowest BCUT2D eigenvalue weighted by Crippen LogP contribution is -2.37. The van der Waals surface area contributed by atoms with Crippen molar-refractivity contribution in [3.63, 3.8) is 0 Å². The fourth-order valence-electron chi connectivity index (χ4n) is 3.17. The molecule has 1 aliphatic rings. The Bertz CT molecular complexity index is 971. The van der Waals surface area contributed by atoms with Gasteiger partial charge in [0.25, 0.3) is 0 Å². The highest BCUT2D eigenvalue weighted by Crippen LogP contribution is 2.38. The van der Waals surface area contributed by atoms with Gasteiger partial charge in [-0.1, -0.05) is 24.3 Å². The van der Waals surface area contributed by atoms with E-state index in [2.05, 4.69) is 16.4 Å². The van der Waals surface area contributed by atoms with Crippen LogP contribution in [0.2, 0.25) is 0 Å². The van der Waals surface area contributed by atoms with E-state index in [1.807, 2.05) is 59.4 Å². The lowest BCUT2D eigenvalue weighted by molar-refractivity contribution is -0.119. The smallest absolute Gasteiger partial charge is 0.246 e. The summed E-state index contributed by atoms with van der Waals surface area (Å²) in [4.78, 5) is 18.0. The molecule has 3 aromatic rings. The molecule has 0 fully saturated rings. The van der Waals surface area contributed by atoms with E-state index < -0.39 is 5.92 Å². The Hall–Kier alpha value is -2.78. The Morgan fingerprint density at radius 3 is 2.67 bits per heavy atom. The van der Waals surface area contributed by atoms with Crippen LogP contribution < -0.4 is 5.32 Å². The number of hydrogen-bond acceptors (Lipinski definition) is 4. The fourth-order valence-corrected chi connectivity index (χ4v) is 3.57. The molecular formula is C18H14N4OS. The molecule has 1 N–H and O–H groups in total. The molecule has 118 valence electrons. The summed E-state index contributed by atoms with van der Waals surface area (Å²) < 4.78 is 1.96. The number of nitrogens with zero attached hydrogens (tertiary/aromatic N) is 3. The zero-order valence-electron chi connectivity index (χ0n) is 12.9. The number of hydrogen-bond donors (Lipinski definition) is 1. The second kappa shape index (κ2) is 5.69. The van der Waals surface area contributed by atoms with Crippen molar-refractivity contribution in [2.45, 2.75) is 10.9 Å². The van der Waals surface area contributed by atoms with Crippen molar-refractivity contribution >= 4 is 34.7 Å². The molecular weight excluding hydrogens is 320 g/mol. The molecule has 5 nitrogen and oxygen atoms in total. The number of imidazole rings is 1. The summed E-state index contributed by atoms with van der Waals surface area (Å²) in [6.07, 6.45) is 2.02. The molecule has 2 aromatic carbocycles. The van der Waals surface area contributed by atoms with Crippen molar-refractivity contribution in [1.29, 1.82) is 5.26 Å². The number of nitrogens with one attached hydrogen (secondary N) is 1. The van der Waals surface area contributed by atoms with E-state index in [9.17, 15) is 10.1 Å². The van der Waals surface area contributed by atoms with Crippen LogP contribution in [0.5, 0.6) is 0 Å². The van der Waals surface area contributed by atoms with Crippen LogP contribution in [-0.4, -0.2) is 21.7 Å². The molecule has 4 rings (SSSR count). The van der Waals surface area contributed by atoms with Crippen LogP contribution in [0.15, 0.2) is 53.4 Å². The molecule has 2 atom stereocenters. The lowest BCUT2D eigenvalue weighted by atomic mass is 9.91. The minimum absolute atomic E-state index is 0.306. The molecule has 0 unspecified atom stereocenters. The van der Waals surface area contributed by atoms with Crippen molar-refractivity contribution in [2.75, 3.05) is 11.6 Å². The van der Waals surface area contributed by atoms with Crippen LogP contribution in [0.1, 0.15) is 11.6 Å². The van der Waals surface area contributed by atoms with Gasteiger partial charge in [-0.3, -0.25) is 10.1 Å². The number of carbonyl (C=O) groups excluding carboxylic acids is 1. The molecule has 1 amide bonds. The number of benzene rings is 2. The van der Waals surface area contributed by atoms with Gasteiger partial charge in [-0.25, -0.2) is 4.98 Å². The van der Waals surface area contributed by atoms with Gasteiger partial charge in [-0.2, -0.15) is 5.26 Å². The lowest BCUT2D eigenvalue weighted by Gasteiger charge is -2.30. The third-order valence-electron chi connectivity index (χ3n) is 4.30. The normalized spacial score (nSPS) is 19.6. The minimum Gasteiger partial charge on any atom is -0.300 e. The molecule has 0 saturated heterocycles. The number of anilines is 1. The van der Waals surface area contributed by atoms with Gasteiger partial charge in [0.2, 0.25) is 11.9 Å². The number of rotatable bonds is 2. The molecule has 6 heteroatoms. The summed E-state index contributed by atoms with van der Waals surface area (Å²) in [5.74, 6) is -0.610. The summed E-state index contributed by atoms with van der Waals surface area (Å²) in [6, 6.07) is 17.5. The number of para-hydroxylation sites is 2. The van der Waals surface area contributed by atoms with Crippen LogP contribution in [0.4, 0.5) is 5.95 Å². The first-order valence-corrected chi connectivity index (χ1v) is 8.77. The van der Waals surface area contributed by atoms with Gasteiger partial charge >= 0.3 is 0 Å². The average Bonchev–Trinajstić information content (AvgIpc) is 2.98. The van der Waals surface area contributed by atoms with Gasteiger partial charge in [0.15, 0.2) is 5.92 Å². The molecule has 2 heterocycles. The molecule has 1 aromatic heterocycles. The van der Waals surface area contributed by atoms with Crippen molar-refractivity contribution in [2.24, 2.45) is 5.92 Å². The number of nitriles is 1. The second-order valence-electron chi connectivity index (χ2n) is 5.61. The monoisotopic (exact) mass is 334 g/mol. The maximum absolute atomic E-state index is 12.4. The van der Waals surface area contributed by atoms with Crippen LogP contribution in [0.25, 0.3) is 11.0 Å². The summed E-state index contributed by atoms with van der Waals surface area (Å²) >= 11 is 1.66. The van der Waals surface area contributed by atoms with Gasteiger partial charge in [-0.15, -0.1) is 11.8 Å². The Balaban J connectivity index is 1.95. The largest absolute Gasteiger partial charge is 0.300 e. The molecule has 0 spiro atoms. The van der Waals surface area contributed by atoms with Crippen LogP contribution in [0.3, 0.4) is 0 Å². The first-order chi connectivity index (χ1) is 11.7. The maximum atomic E-state index is 12.4. The summed E-state index contributed by atoms with van der Waals surface area (Å²) in [6.45, 7) is 0. The minimum atomic E-state index is -0.796. The first-order valence-electron chi connectivity index (χ1n) is 7.54. The average molecular weight is 334 g/mol. The third kappa shape index (κ3) is 2.17. The van der Waals surface area contributed by atoms with E-state index >= 15 is 0 Å². The van der Waals surface area contributed by atoms with Crippen molar-refractivity contribution < 1.29 is 4.79 Å². The SMILES string of the molecule is CSc1ccc([C@H]2[C@@H](C#N)C(=O)Nc3nc4ccccc4n32)cc1. The molecule has 0 bridgehead atoms. The number of carbonyl (C=O) groups is 1. The van der Waals surface area contributed by atoms with Crippen LogP contribution >= 0.6 is 11.8 Å². The fraction of sp³-hybridized carbons (Fsp3) is 0.167. The summed E-state index contributed by atoms with van der Waals surface area (Å²) in [5, 5.41) is 12.3. The van der Waals surface area contributed by atoms with E-state index in [-0.39, 0.29) is 11.9 Å².